The molecule has 0 aliphatic heterocycles. The average molecular weight is 206 g/mol. The first-order valence-electron chi connectivity index (χ1n) is 4.00. The summed E-state index contributed by atoms with van der Waals surface area (Å²) in [7, 11) is 0. The third-order valence-electron chi connectivity index (χ3n) is 1.81. The molecular weight excluding hydrogens is 192 g/mol. The van der Waals surface area contributed by atoms with Gasteiger partial charge in [0.2, 0.25) is 5.72 Å². The summed E-state index contributed by atoms with van der Waals surface area (Å²) in [4.78, 5) is 20.5. The van der Waals surface area contributed by atoms with E-state index in [0.717, 1.165) is 0 Å². The zero-order valence-corrected chi connectivity index (χ0v) is 7.51. The van der Waals surface area contributed by atoms with Crippen molar-refractivity contribution >= 4 is 11.9 Å². The molecule has 2 unspecified atom stereocenters. The molecule has 0 spiro atoms. The standard InChI is InChI=1S/C7H14N2O5/c8-4(2-1-3-5(10)11)7(9,14)6(12)13/h4,14H,1-3,8-9H2,(H,10,11)(H,12,13). The number of nitrogens with two attached hydrogens (primary N) is 2. The normalized spacial score (nSPS) is 17.1. The van der Waals surface area contributed by atoms with Crippen molar-refractivity contribution in [1.82, 2.24) is 0 Å². The summed E-state index contributed by atoms with van der Waals surface area (Å²) < 4.78 is 0. The predicted octanol–water partition coefficient (Wildman–Crippen LogP) is -1.70. The molecule has 0 aromatic heterocycles. The van der Waals surface area contributed by atoms with Gasteiger partial charge < -0.3 is 21.1 Å². The molecular formula is C7H14N2O5. The van der Waals surface area contributed by atoms with Gasteiger partial charge in [0.1, 0.15) is 0 Å². The molecule has 0 bridgehead atoms. The zero-order chi connectivity index (χ0) is 11.4. The fourth-order valence-electron chi connectivity index (χ4n) is 0.852. The second kappa shape index (κ2) is 4.89. The van der Waals surface area contributed by atoms with Gasteiger partial charge in [-0.05, 0) is 12.8 Å². The van der Waals surface area contributed by atoms with Gasteiger partial charge >= 0.3 is 11.9 Å². The molecule has 0 aliphatic carbocycles. The van der Waals surface area contributed by atoms with Gasteiger partial charge in [0.05, 0.1) is 6.04 Å². The van der Waals surface area contributed by atoms with Gasteiger partial charge in [-0.1, -0.05) is 0 Å². The maximum atomic E-state index is 10.4. The lowest BCUT2D eigenvalue weighted by atomic mass is 10.00. The van der Waals surface area contributed by atoms with E-state index < -0.39 is 23.7 Å². The predicted molar refractivity (Wildman–Crippen MR) is 46.2 cm³/mol. The first kappa shape index (κ1) is 12.8. The third kappa shape index (κ3) is 3.69. The van der Waals surface area contributed by atoms with E-state index in [1.165, 1.54) is 0 Å². The largest absolute Gasteiger partial charge is 0.481 e. The third-order valence-corrected chi connectivity index (χ3v) is 1.81. The van der Waals surface area contributed by atoms with Crippen LogP contribution >= 0.6 is 0 Å². The minimum Gasteiger partial charge on any atom is -0.481 e. The summed E-state index contributed by atoms with van der Waals surface area (Å²) in [6.07, 6.45) is 0.0677. The summed E-state index contributed by atoms with van der Waals surface area (Å²) in [6.45, 7) is 0. The molecule has 0 aromatic rings. The maximum Gasteiger partial charge on any atom is 0.352 e. The number of rotatable bonds is 6. The number of carbonyl (C=O) groups is 2. The Morgan fingerprint density at radius 2 is 1.86 bits per heavy atom. The summed E-state index contributed by atoms with van der Waals surface area (Å²) >= 11 is 0. The van der Waals surface area contributed by atoms with E-state index in [9.17, 15) is 9.59 Å². The Balaban J connectivity index is 4.01. The van der Waals surface area contributed by atoms with Crippen molar-refractivity contribution in [2.75, 3.05) is 0 Å². The monoisotopic (exact) mass is 206 g/mol. The van der Waals surface area contributed by atoms with Crippen molar-refractivity contribution in [3.8, 4) is 0 Å². The molecule has 7 N–H and O–H groups in total. The van der Waals surface area contributed by atoms with Gasteiger partial charge in [-0.2, -0.15) is 0 Å². The maximum absolute atomic E-state index is 10.4. The van der Waals surface area contributed by atoms with E-state index in [1.807, 2.05) is 0 Å². The van der Waals surface area contributed by atoms with Crippen LogP contribution in [0.25, 0.3) is 0 Å². The summed E-state index contributed by atoms with van der Waals surface area (Å²) in [6, 6.07) is -1.18. The van der Waals surface area contributed by atoms with Crippen LogP contribution in [0, 0.1) is 0 Å². The van der Waals surface area contributed by atoms with Crippen LogP contribution in [0.2, 0.25) is 0 Å². The smallest absolute Gasteiger partial charge is 0.352 e. The summed E-state index contributed by atoms with van der Waals surface area (Å²) in [5.41, 5.74) is 7.79. The number of carboxylic acids is 2. The molecule has 0 rings (SSSR count). The SMILES string of the molecule is NC(CCCC(=O)O)C(N)(O)C(=O)O. The minimum absolute atomic E-state index is 0.0333. The molecule has 7 heteroatoms. The molecule has 0 saturated carbocycles. The Morgan fingerprint density at radius 3 is 2.21 bits per heavy atom. The van der Waals surface area contributed by atoms with Crippen LogP contribution in [-0.4, -0.2) is 39.0 Å². The van der Waals surface area contributed by atoms with Crippen molar-refractivity contribution in [3.63, 3.8) is 0 Å². The molecule has 82 valence electrons. The number of aliphatic carboxylic acids is 2. The van der Waals surface area contributed by atoms with Crippen molar-refractivity contribution < 1.29 is 24.9 Å². The van der Waals surface area contributed by atoms with Crippen molar-refractivity contribution in [2.24, 2.45) is 11.5 Å². The molecule has 7 nitrogen and oxygen atoms in total. The van der Waals surface area contributed by atoms with Gasteiger partial charge in [-0.3, -0.25) is 10.5 Å². The Kier molecular flexibility index (Phi) is 4.48. The first-order chi connectivity index (χ1) is 6.28. The second-order valence-corrected chi connectivity index (χ2v) is 3.02. The summed E-state index contributed by atoms with van der Waals surface area (Å²) in [5.74, 6) is -2.63. The van der Waals surface area contributed by atoms with E-state index in [4.69, 9.17) is 26.8 Å². The Bertz CT molecular complexity index is 228. The lowest BCUT2D eigenvalue weighted by Gasteiger charge is -2.24. The minimum atomic E-state index is -2.50. The molecule has 0 fully saturated rings. The van der Waals surface area contributed by atoms with Crippen LogP contribution in [-0.2, 0) is 9.59 Å². The lowest BCUT2D eigenvalue weighted by Crippen LogP contribution is -2.60. The molecule has 0 amide bonds. The van der Waals surface area contributed by atoms with E-state index in [1.54, 1.807) is 0 Å². The first-order valence-corrected chi connectivity index (χ1v) is 4.00. The van der Waals surface area contributed by atoms with E-state index in [0.29, 0.717) is 0 Å². The van der Waals surface area contributed by atoms with Crippen molar-refractivity contribution in [2.45, 2.75) is 31.0 Å². The highest BCUT2D eigenvalue weighted by Crippen LogP contribution is 2.09. The van der Waals surface area contributed by atoms with Crippen LogP contribution in [0.4, 0.5) is 0 Å². The fourth-order valence-corrected chi connectivity index (χ4v) is 0.852. The zero-order valence-electron chi connectivity index (χ0n) is 7.51. The van der Waals surface area contributed by atoms with Gasteiger partial charge in [0.15, 0.2) is 0 Å². The topological polar surface area (TPSA) is 147 Å². The average Bonchev–Trinajstić information content (AvgIpc) is 2.02. The van der Waals surface area contributed by atoms with Crippen LogP contribution in [0.3, 0.4) is 0 Å². The molecule has 2 atom stereocenters. The van der Waals surface area contributed by atoms with Crippen molar-refractivity contribution in [1.29, 1.82) is 0 Å². The van der Waals surface area contributed by atoms with Gasteiger partial charge in [0, 0.05) is 6.42 Å². The molecule has 0 aliphatic rings. The highest BCUT2D eigenvalue weighted by atomic mass is 16.4. The number of hydrogen-bond donors (Lipinski definition) is 5. The van der Waals surface area contributed by atoms with E-state index in [2.05, 4.69) is 0 Å². The Morgan fingerprint density at radius 1 is 1.36 bits per heavy atom. The van der Waals surface area contributed by atoms with Crippen LogP contribution in [0.1, 0.15) is 19.3 Å². The highest BCUT2D eigenvalue weighted by Gasteiger charge is 2.37. The number of hydrogen-bond acceptors (Lipinski definition) is 5. The van der Waals surface area contributed by atoms with Gasteiger partial charge in [0.25, 0.3) is 0 Å². The van der Waals surface area contributed by atoms with Crippen LogP contribution in [0.15, 0.2) is 0 Å². The van der Waals surface area contributed by atoms with E-state index in [-0.39, 0.29) is 19.3 Å². The summed E-state index contributed by atoms with van der Waals surface area (Å²) in [5, 5.41) is 25.9. The van der Waals surface area contributed by atoms with E-state index >= 15 is 0 Å². The van der Waals surface area contributed by atoms with Gasteiger partial charge in [-0.25, -0.2) is 4.79 Å². The Hall–Kier alpha value is -1.18. The molecule has 14 heavy (non-hydrogen) atoms. The number of carboxylic acid groups (broad SMARTS) is 2. The number of aliphatic hydroxyl groups is 1. The van der Waals surface area contributed by atoms with Crippen molar-refractivity contribution in [3.05, 3.63) is 0 Å². The molecule has 0 heterocycles. The quantitative estimate of drug-likeness (QED) is 0.325. The lowest BCUT2D eigenvalue weighted by molar-refractivity contribution is -0.160. The molecule has 0 aromatic carbocycles. The molecule has 0 saturated heterocycles. The van der Waals surface area contributed by atoms with Crippen LogP contribution in [0.5, 0.6) is 0 Å². The fraction of sp³-hybridized carbons (Fsp3) is 0.714. The Labute approximate surface area is 80.3 Å². The second-order valence-electron chi connectivity index (χ2n) is 3.02. The molecule has 0 radical (unpaired) electrons. The highest BCUT2D eigenvalue weighted by molar-refractivity contribution is 5.77. The van der Waals surface area contributed by atoms with Gasteiger partial charge in [-0.15, -0.1) is 0 Å². The van der Waals surface area contributed by atoms with Crippen LogP contribution < -0.4 is 11.5 Å².